The van der Waals surface area contributed by atoms with Gasteiger partial charge in [0.1, 0.15) is 23.1 Å². The SMILES string of the molecule is COC(=O)c1cn(C2CCN(c3ncccc3C#N)CC2)cc2c(=O)[nH]nc1-2. The third-order valence-corrected chi connectivity index (χ3v) is 5.08. The van der Waals surface area contributed by atoms with Gasteiger partial charge in [0.15, 0.2) is 0 Å². The first-order chi connectivity index (χ1) is 13.6. The molecule has 1 N–H and O–H groups in total. The normalized spacial score (nSPS) is 14.8. The number of nitrogens with one attached hydrogen (secondary N) is 1. The van der Waals surface area contributed by atoms with Gasteiger partial charge in [-0.05, 0) is 25.0 Å². The second-order valence-corrected chi connectivity index (χ2v) is 6.63. The fraction of sp³-hybridized carbons (Fsp3) is 0.316. The van der Waals surface area contributed by atoms with Gasteiger partial charge in [-0.3, -0.25) is 4.79 Å². The number of esters is 1. The predicted molar refractivity (Wildman–Crippen MR) is 100 cm³/mol. The van der Waals surface area contributed by atoms with Gasteiger partial charge in [0, 0.05) is 37.7 Å². The molecule has 0 spiro atoms. The number of carbonyl (C=O) groups excluding carboxylic acids is 1. The summed E-state index contributed by atoms with van der Waals surface area (Å²) in [5.41, 5.74) is 1.16. The summed E-state index contributed by atoms with van der Waals surface area (Å²) >= 11 is 0. The van der Waals surface area contributed by atoms with Gasteiger partial charge < -0.3 is 14.2 Å². The van der Waals surface area contributed by atoms with Crippen molar-refractivity contribution in [3.05, 3.63) is 52.2 Å². The van der Waals surface area contributed by atoms with E-state index in [1.165, 1.54) is 7.11 Å². The second-order valence-electron chi connectivity index (χ2n) is 6.63. The zero-order chi connectivity index (χ0) is 19.7. The van der Waals surface area contributed by atoms with Crippen LogP contribution in [0.3, 0.4) is 0 Å². The first-order valence-corrected chi connectivity index (χ1v) is 8.90. The van der Waals surface area contributed by atoms with E-state index in [-0.39, 0.29) is 17.2 Å². The number of hydrogen-bond acceptors (Lipinski definition) is 7. The molecule has 0 radical (unpaired) electrons. The molecule has 0 saturated carbocycles. The van der Waals surface area contributed by atoms with Gasteiger partial charge >= 0.3 is 5.97 Å². The maximum Gasteiger partial charge on any atom is 0.341 e. The van der Waals surface area contributed by atoms with E-state index in [4.69, 9.17) is 4.74 Å². The highest BCUT2D eigenvalue weighted by molar-refractivity contribution is 5.95. The summed E-state index contributed by atoms with van der Waals surface area (Å²) < 4.78 is 6.74. The maximum atomic E-state index is 12.1. The minimum Gasteiger partial charge on any atom is -0.465 e. The first kappa shape index (κ1) is 17.7. The van der Waals surface area contributed by atoms with Crippen LogP contribution in [0.5, 0.6) is 0 Å². The van der Waals surface area contributed by atoms with Gasteiger partial charge in [0.25, 0.3) is 5.56 Å². The van der Waals surface area contributed by atoms with E-state index >= 15 is 0 Å². The lowest BCUT2D eigenvalue weighted by molar-refractivity contribution is 0.0600. The molecule has 28 heavy (non-hydrogen) atoms. The van der Waals surface area contributed by atoms with Crippen molar-refractivity contribution in [3.63, 3.8) is 0 Å². The molecule has 1 fully saturated rings. The van der Waals surface area contributed by atoms with Gasteiger partial charge in [-0.1, -0.05) is 0 Å². The third kappa shape index (κ3) is 2.99. The van der Waals surface area contributed by atoms with E-state index in [2.05, 4.69) is 26.2 Å². The van der Waals surface area contributed by atoms with Crippen LogP contribution >= 0.6 is 0 Å². The molecule has 0 atom stereocenters. The number of hydrogen-bond donors (Lipinski definition) is 1. The van der Waals surface area contributed by atoms with Crippen molar-refractivity contribution in [1.82, 2.24) is 19.7 Å². The van der Waals surface area contributed by atoms with Crippen molar-refractivity contribution in [1.29, 1.82) is 5.26 Å². The molecule has 3 aliphatic heterocycles. The van der Waals surface area contributed by atoms with Crippen LogP contribution in [-0.4, -0.2) is 45.9 Å². The molecular weight excluding hydrogens is 360 g/mol. The highest BCUT2D eigenvalue weighted by atomic mass is 16.5. The number of nitriles is 1. The zero-order valence-corrected chi connectivity index (χ0v) is 15.3. The largest absolute Gasteiger partial charge is 0.465 e. The maximum absolute atomic E-state index is 12.1. The smallest absolute Gasteiger partial charge is 0.341 e. The van der Waals surface area contributed by atoms with Crippen LogP contribution in [0.2, 0.25) is 0 Å². The summed E-state index contributed by atoms with van der Waals surface area (Å²) in [4.78, 5) is 30.6. The Kier molecular flexibility index (Phi) is 4.53. The molecule has 9 nitrogen and oxygen atoms in total. The van der Waals surface area contributed by atoms with Gasteiger partial charge in [-0.25, -0.2) is 14.9 Å². The number of H-pyrrole nitrogens is 1. The summed E-state index contributed by atoms with van der Waals surface area (Å²) in [7, 11) is 1.30. The Morgan fingerprint density at radius 2 is 2.14 bits per heavy atom. The number of anilines is 1. The molecule has 1 aromatic heterocycles. The van der Waals surface area contributed by atoms with Crippen molar-refractivity contribution in [3.8, 4) is 17.3 Å². The van der Waals surface area contributed by atoms with E-state index in [9.17, 15) is 14.9 Å². The average Bonchev–Trinajstić information content (AvgIpc) is 3.13. The minimum absolute atomic E-state index is 0.104. The molecule has 3 aliphatic rings. The van der Waals surface area contributed by atoms with Crippen LogP contribution in [0.15, 0.2) is 35.5 Å². The number of pyridine rings is 2. The number of carbonyl (C=O) groups is 1. The second kappa shape index (κ2) is 7.15. The van der Waals surface area contributed by atoms with E-state index < -0.39 is 5.97 Å². The lowest BCUT2D eigenvalue weighted by Crippen LogP contribution is -2.35. The number of aromatic nitrogens is 4. The molecule has 0 bridgehead atoms. The van der Waals surface area contributed by atoms with Crippen LogP contribution in [0, 0.1) is 11.3 Å². The Morgan fingerprint density at radius 1 is 1.36 bits per heavy atom. The molecule has 9 heteroatoms. The van der Waals surface area contributed by atoms with Crippen molar-refractivity contribution in [2.45, 2.75) is 18.9 Å². The molecule has 0 aliphatic carbocycles. The number of nitrogens with zero attached hydrogens (tertiary/aromatic N) is 5. The van der Waals surface area contributed by atoms with Gasteiger partial charge in [-0.2, -0.15) is 10.4 Å². The van der Waals surface area contributed by atoms with E-state index in [1.807, 2.05) is 4.57 Å². The molecule has 0 unspecified atom stereocenters. The molecule has 4 heterocycles. The number of fused-ring (bicyclic) bond motifs is 1. The third-order valence-electron chi connectivity index (χ3n) is 5.08. The summed E-state index contributed by atoms with van der Waals surface area (Å²) in [5.74, 6) is 0.159. The molecule has 1 aromatic rings. The van der Waals surface area contributed by atoms with Gasteiger partial charge in [0.2, 0.25) is 0 Å². The van der Waals surface area contributed by atoms with Crippen molar-refractivity contribution in [2.75, 3.05) is 25.1 Å². The van der Waals surface area contributed by atoms with Gasteiger partial charge in [-0.15, -0.1) is 0 Å². The van der Waals surface area contributed by atoms with Crippen molar-refractivity contribution < 1.29 is 9.53 Å². The lowest BCUT2D eigenvalue weighted by atomic mass is 10.0. The van der Waals surface area contributed by atoms with Gasteiger partial charge in [0.05, 0.1) is 18.2 Å². The highest BCUT2D eigenvalue weighted by Gasteiger charge is 2.27. The zero-order valence-electron chi connectivity index (χ0n) is 15.3. The molecular formula is C19H18N6O3. The van der Waals surface area contributed by atoms with Crippen molar-refractivity contribution >= 4 is 11.8 Å². The Balaban J connectivity index is 1.61. The quantitative estimate of drug-likeness (QED) is 0.688. The fourth-order valence-corrected chi connectivity index (χ4v) is 3.64. The topological polar surface area (TPSA) is 117 Å². The lowest BCUT2D eigenvalue weighted by Gasteiger charge is -2.34. The number of methoxy groups -OCH3 is 1. The Hall–Kier alpha value is -3.67. The van der Waals surface area contributed by atoms with Crippen LogP contribution in [-0.2, 0) is 4.74 Å². The number of aromatic amines is 1. The Labute approximate surface area is 160 Å². The number of ether oxygens (including phenoxy) is 1. The monoisotopic (exact) mass is 378 g/mol. The predicted octanol–water partition coefficient (Wildman–Crippen LogP) is 1.57. The average molecular weight is 378 g/mol. The summed E-state index contributed by atoms with van der Waals surface area (Å²) in [6.45, 7) is 1.43. The Morgan fingerprint density at radius 3 is 2.86 bits per heavy atom. The molecule has 4 rings (SSSR count). The number of rotatable bonds is 3. The minimum atomic E-state index is -0.532. The molecule has 1 saturated heterocycles. The molecule has 0 amide bonds. The van der Waals surface area contributed by atoms with E-state index in [0.29, 0.717) is 35.7 Å². The van der Waals surface area contributed by atoms with Crippen molar-refractivity contribution in [2.24, 2.45) is 0 Å². The van der Waals surface area contributed by atoms with Crippen LogP contribution < -0.4 is 10.5 Å². The summed E-state index contributed by atoms with van der Waals surface area (Å²) in [6, 6.07) is 5.79. The van der Waals surface area contributed by atoms with Crippen LogP contribution in [0.25, 0.3) is 11.3 Å². The Bertz CT molecular complexity index is 1090. The van der Waals surface area contributed by atoms with E-state index in [0.717, 1.165) is 12.8 Å². The van der Waals surface area contributed by atoms with Crippen LogP contribution in [0.1, 0.15) is 34.8 Å². The summed E-state index contributed by atoms with van der Waals surface area (Å²) in [6.07, 6.45) is 6.67. The summed E-state index contributed by atoms with van der Waals surface area (Å²) in [5, 5.41) is 15.6. The van der Waals surface area contributed by atoms with Crippen LogP contribution in [0.4, 0.5) is 5.82 Å². The number of piperidine rings is 1. The fourth-order valence-electron chi connectivity index (χ4n) is 3.64. The molecule has 0 aromatic carbocycles. The standard InChI is InChI=1S/C19H18N6O3/c1-28-19(27)15-11-25(10-14-16(15)22-23-18(14)26)13-4-7-24(8-5-13)17-12(9-20)3-2-6-21-17/h2-3,6,10-11,13H,4-5,7-8H2,1H3,(H,23,26). The van der Waals surface area contributed by atoms with E-state index in [1.54, 1.807) is 30.7 Å². The first-order valence-electron chi connectivity index (χ1n) is 8.90. The highest BCUT2D eigenvalue weighted by Crippen LogP contribution is 2.30. The molecule has 142 valence electrons.